The monoisotopic (exact) mass is 402 g/mol. The van der Waals surface area contributed by atoms with E-state index in [4.69, 9.17) is 0 Å². The third-order valence-corrected chi connectivity index (χ3v) is 4.96. The molecule has 0 bridgehead atoms. The van der Waals surface area contributed by atoms with Gasteiger partial charge in [0.1, 0.15) is 0 Å². The van der Waals surface area contributed by atoms with Crippen LogP contribution >= 0.6 is 0 Å². The van der Waals surface area contributed by atoms with Gasteiger partial charge in [-0.15, -0.1) is 0 Å². The van der Waals surface area contributed by atoms with E-state index in [0.29, 0.717) is 18.2 Å². The summed E-state index contributed by atoms with van der Waals surface area (Å²) in [4.78, 5) is 16.6. The number of hydrogen-bond acceptors (Lipinski definition) is 4. The third kappa shape index (κ3) is 5.21. The Morgan fingerprint density at radius 3 is 2.70 bits per heavy atom. The summed E-state index contributed by atoms with van der Waals surface area (Å²) in [6.07, 6.45) is 13.6. The molecule has 1 saturated carbocycles. The fourth-order valence-corrected chi connectivity index (χ4v) is 3.37. The zero-order chi connectivity index (χ0) is 21.1. The van der Waals surface area contributed by atoms with Gasteiger partial charge in [-0.1, -0.05) is 12.1 Å². The van der Waals surface area contributed by atoms with Crippen molar-refractivity contribution in [2.24, 2.45) is 0 Å². The summed E-state index contributed by atoms with van der Waals surface area (Å²) in [7, 11) is 0. The van der Waals surface area contributed by atoms with E-state index < -0.39 is 5.60 Å². The highest BCUT2D eigenvalue weighted by molar-refractivity contribution is 6.02. The Morgan fingerprint density at radius 2 is 2.00 bits per heavy atom. The van der Waals surface area contributed by atoms with Gasteiger partial charge in [0.15, 0.2) is 0 Å². The maximum absolute atomic E-state index is 12.4. The summed E-state index contributed by atoms with van der Waals surface area (Å²) in [6.45, 7) is 3.55. The molecule has 1 aromatic carbocycles. The smallest absolute Gasteiger partial charge is 0.248 e. The molecule has 0 spiro atoms. The molecule has 154 valence electrons. The molecule has 0 atom stereocenters. The number of aromatic nitrogens is 3. The molecule has 0 saturated heterocycles. The highest BCUT2D eigenvalue weighted by Crippen LogP contribution is 2.35. The van der Waals surface area contributed by atoms with Crippen molar-refractivity contribution in [1.82, 2.24) is 14.8 Å². The fraction of sp³-hybridized carbons (Fsp3) is 0.292. The number of anilines is 1. The van der Waals surface area contributed by atoms with Crippen LogP contribution in [0.2, 0.25) is 0 Å². The van der Waals surface area contributed by atoms with Crippen molar-refractivity contribution in [3.63, 3.8) is 0 Å². The van der Waals surface area contributed by atoms with Gasteiger partial charge in [-0.2, -0.15) is 5.10 Å². The largest absolute Gasteiger partial charge is 0.390 e. The number of rotatable bonds is 7. The molecule has 1 aliphatic carbocycles. The molecule has 0 aliphatic heterocycles. The fourth-order valence-electron chi connectivity index (χ4n) is 3.37. The SMILES string of the molecule is CC(C)(O)Cc1ccc(NC(=O)C=Cc2cnccc2-c2cnn(C3CC3)c2)cc1. The molecule has 2 N–H and O–H groups in total. The number of aliphatic hydroxyl groups is 1. The van der Waals surface area contributed by atoms with Gasteiger partial charge in [0.2, 0.25) is 5.91 Å². The van der Waals surface area contributed by atoms with Crippen LogP contribution in [-0.4, -0.2) is 31.4 Å². The lowest BCUT2D eigenvalue weighted by molar-refractivity contribution is -0.111. The number of nitrogens with zero attached hydrogens (tertiary/aromatic N) is 3. The van der Waals surface area contributed by atoms with Crippen molar-refractivity contribution in [2.75, 3.05) is 5.32 Å². The Hall–Kier alpha value is -3.25. The molecule has 1 aliphatic rings. The van der Waals surface area contributed by atoms with Crippen molar-refractivity contribution >= 4 is 17.7 Å². The standard InChI is InChI=1S/C24H26N4O2/c1-24(2,30)13-17-3-6-20(7-4-17)27-23(29)10-5-18-14-25-12-11-22(18)19-15-26-28(16-19)21-8-9-21/h3-7,10-12,14-16,21,30H,8-9,13H2,1-2H3,(H,27,29). The first kappa shape index (κ1) is 20.0. The first-order chi connectivity index (χ1) is 14.4. The Balaban J connectivity index is 1.43. The number of benzene rings is 1. The quantitative estimate of drug-likeness (QED) is 0.579. The Morgan fingerprint density at radius 1 is 1.23 bits per heavy atom. The molecule has 4 rings (SSSR count). The van der Waals surface area contributed by atoms with Gasteiger partial charge in [0.05, 0.1) is 17.8 Å². The maximum Gasteiger partial charge on any atom is 0.248 e. The molecule has 6 heteroatoms. The second-order valence-electron chi connectivity index (χ2n) is 8.41. The predicted octanol–water partition coefficient (Wildman–Crippen LogP) is 4.25. The highest BCUT2D eigenvalue weighted by Gasteiger charge is 2.24. The lowest BCUT2D eigenvalue weighted by Crippen LogP contribution is -2.21. The number of hydrogen-bond donors (Lipinski definition) is 2. The van der Waals surface area contributed by atoms with Gasteiger partial charge in [0.25, 0.3) is 0 Å². The molecule has 1 fully saturated rings. The Labute approximate surface area is 176 Å². The Bertz CT molecular complexity index is 1060. The first-order valence-electron chi connectivity index (χ1n) is 10.2. The van der Waals surface area contributed by atoms with Crippen LogP contribution in [0.4, 0.5) is 5.69 Å². The average molecular weight is 402 g/mol. The molecule has 2 aromatic heterocycles. The van der Waals surface area contributed by atoms with Crippen LogP contribution in [0.1, 0.15) is 43.9 Å². The van der Waals surface area contributed by atoms with E-state index in [1.807, 2.05) is 41.2 Å². The first-order valence-corrected chi connectivity index (χ1v) is 10.2. The maximum atomic E-state index is 12.4. The summed E-state index contributed by atoms with van der Waals surface area (Å²) < 4.78 is 2.01. The van der Waals surface area contributed by atoms with Crippen LogP contribution < -0.4 is 5.32 Å². The van der Waals surface area contributed by atoms with Crippen molar-refractivity contribution < 1.29 is 9.90 Å². The van der Waals surface area contributed by atoms with E-state index in [1.54, 1.807) is 32.3 Å². The molecular formula is C24H26N4O2. The van der Waals surface area contributed by atoms with Crippen LogP contribution in [0.5, 0.6) is 0 Å². The van der Waals surface area contributed by atoms with E-state index >= 15 is 0 Å². The van der Waals surface area contributed by atoms with Gasteiger partial charge in [-0.3, -0.25) is 14.5 Å². The molecule has 2 heterocycles. The molecule has 6 nitrogen and oxygen atoms in total. The third-order valence-electron chi connectivity index (χ3n) is 4.96. The van der Waals surface area contributed by atoms with Crippen molar-refractivity contribution in [2.45, 2.75) is 44.8 Å². The van der Waals surface area contributed by atoms with Crippen LogP contribution in [-0.2, 0) is 11.2 Å². The van der Waals surface area contributed by atoms with Crippen molar-refractivity contribution in [3.05, 3.63) is 72.3 Å². The number of amides is 1. The number of nitrogens with one attached hydrogen (secondary N) is 1. The van der Waals surface area contributed by atoms with E-state index in [-0.39, 0.29) is 5.91 Å². The van der Waals surface area contributed by atoms with Gasteiger partial charge in [-0.25, -0.2) is 0 Å². The summed E-state index contributed by atoms with van der Waals surface area (Å²) in [5.41, 5.74) is 3.85. The van der Waals surface area contributed by atoms with Gasteiger partial charge < -0.3 is 10.4 Å². The number of pyridine rings is 1. The minimum atomic E-state index is -0.760. The van der Waals surface area contributed by atoms with E-state index in [9.17, 15) is 9.90 Å². The number of carbonyl (C=O) groups is 1. The second kappa shape index (κ2) is 8.24. The van der Waals surface area contributed by atoms with Crippen LogP contribution in [0.25, 0.3) is 17.2 Å². The second-order valence-corrected chi connectivity index (χ2v) is 8.41. The Kier molecular flexibility index (Phi) is 5.50. The zero-order valence-corrected chi connectivity index (χ0v) is 17.2. The molecule has 0 radical (unpaired) electrons. The number of carbonyl (C=O) groups excluding carboxylic acids is 1. The van der Waals surface area contributed by atoms with Gasteiger partial charge >= 0.3 is 0 Å². The summed E-state index contributed by atoms with van der Waals surface area (Å²) in [5.74, 6) is -0.214. The molecule has 3 aromatic rings. The predicted molar refractivity (Wildman–Crippen MR) is 118 cm³/mol. The average Bonchev–Trinajstić information content (AvgIpc) is 3.44. The zero-order valence-electron chi connectivity index (χ0n) is 17.2. The molecular weight excluding hydrogens is 376 g/mol. The molecule has 1 amide bonds. The van der Waals surface area contributed by atoms with E-state index in [0.717, 1.165) is 22.3 Å². The lowest BCUT2D eigenvalue weighted by Gasteiger charge is -2.17. The molecule has 0 unspecified atom stereocenters. The molecule has 30 heavy (non-hydrogen) atoms. The van der Waals surface area contributed by atoms with Crippen molar-refractivity contribution in [1.29, 1.82) is 0 Å². The van der Waals surface area contributed by atoms with Crippen molar-refractivity contribution in [3.8, 4) is 11.1 Å². The van der Waals surface area contributed by atoms with E-state index in [2.05, 4.69) is 21.6 Å². The topological polar surface area (TPSA) is 80.0 Å². The van der Waals surface area contributed by atoms with Crippen LogP contribution in [0, 0.1) is 0 Å². The van der Waals surface area contributed by atoms with Crippen LogP contribution in [0.15, 0.2) is 61.2 Å². The van der Waals surface area contributed by atoms with Crippen LogP contribution in [0.3, 0.4) is 0 Å². The summed E-state index contributed by atoms with van der Waals surface area (Å²) >= 11 is 0. The van der Waals surface area contributed by atoms with Gasteiger partial charge in [0, 0.05) is 47.9 Å². The normalized spacial score (nSPS) is 14.2. The minimum Gasteiger partial charge on any atom is -0.390 e. The van der Waals surface area contributed by atoms with E-state index in [1.165, 1.54) is 18.9 Å². The summed E-state index contributed by atoms with van der Waals surface area (Å²) in [5, 5.41) is 17.2. The minimum absolute atomic E-state index is 0.214. The highest BCUT2D eigenvalue weighted by atomic mass is 16.3. The lowest BCUT2D eigenvalue weighted by atomic mass is 9.99. The van der Waals surface area contributed by atoms with Gasteiger partial charge in [-0.05, 0) is 62.1 Å². The summed E-state index contributed by atoms with van der Waals surface area (Å²) in [6, 6.07) is 9.97.